The molecule has 0 saturated heterocycles. The van der Waals surface area contributed by atoms with Crippen molar-refractivity contribution in [3.8, 4) is 0 Å². The molecule has 0 fully saturated rings. The van der Waals surface area contributed by atoms with Crippen LogP contribution in [0.4, 0.5) is 0 Å². The predicted octanol–water partition coefficient (Wildman–Crippen LogP) is 11.5. The van der Waals surface area contributed by atoms with Gasteiger partial charge < -0.3 is 24.2 Å². The van der Waals surface area contributed by atoms with Crippen LogP contribution in [-0.4, -0.2) is 68.3 Å². The molecule has 0 spiro atoms. The van der Waals surface area contributed by atoms with E-state index in [2.05, 4.69) is 50.0 Å². The van der Waals surface area contributed by atoms with E-state index >= 15 is 0 Å². The van der Waals surface area contributed by atoms with E-state index in [0.717, 1.165) is 116 Å². The largest absolute Gasteiger partial charge is 0.466 e. The molecule has 0 aliphatic rings. The van der Waals surface area contributed by atoms with Gasteiger partial charge in [-0.1, -0.05) is 116 Å². The van der Waals surface area contributed by atoms with Gasteiger partial charge >= 0.3 is 5.97 Å². The fraction of sp³-hybridized carbons (Fsp3) is 0.881. The average Bonchev–Trinajstić information content (AvgIpc) is 3.09. The molecule has 6 nitrogen and oxygen atoms in total. The third-order valence-electron chi connectivity index (χ3n) is 8.89. The Kier molecular flexibility index (Phi) is 39.2. The lowest BCUT2D eigenvalue weighted by atomic mass is 10.1. The summed E-state index contributed by atoms with van der Waals surface area (Å²) in [5, 5.41) is 9.56. The zero-order valence-electron chi connectivity index (χ0n) is 32.2. The molecule has 0 heterocycles. The van der Waals surface area contributed by atoms with Crippen LogP contribution in [0, 0.1) is 0 Å². The van der Waals surface area contributed by atoms with Crippen molar-refractivity contribution in [1.82, 2.24) is 4.90 Å². The minimum Gasteiger partial charge on any atom is -0.466 e. The second-order valence-corrected chi connectivity index (χ2v) is 13.5. The van der Waals surface area contributed by atoms with Crippen molar-refractivity contribution in [3.63, 3.8) is 0 Å². The molecule has 48 heavy (non-hydrogen) atoms. The Bertz CT molecular complexity index is 674. The molecule has 0 atom stereocenters. The predicted molar refractivity (Wildman–Crippen MR) is 206 cm³/mol. The lowest BCUT2D eigenvalue weighted by molar-refractivity contribution is -0.148. The van der Waals surface area contributed by atoms with E-state index in [-0.39, 0.29) is 18.9 Å². The van der Waals surface area contributed by atoms with Crippen LogP contribution in [0.5, 0.6) is 0 Å². The van der Waals surface area contributed by atoms with Crippen LogP contribution in [0.1, 0.15) is 188 Å². The van der Waals surface area contributed by atoms with Crippen molar-refractivity contribution in [2.75, 3.05) is 46.1 Å². The van der Waals surface area contributed by atoms with Gasteiger partial charge in [-0.2, -0.15) is 0 Å². The van der Waals surface area contributed by atoms with Crippen LogP contribution >= 0.6 is 0 Å². The van der Waals surface area contributed by atoms with Crippen LogP contribution in [0.25, 0.3) is 0 Å². The fourth-order valence-electron chi connectivity index (χ4n) is 5.87. The fourth-order valence-corrected chi connectivity index (χ4v) is 5.87. The molecule has 0 radical (unpaired) electrons. The van der Waals surface area contributed by atoms with Gasteiger partial charge in [0.05, 0.1) is 13.2 Å². The highest BCUT2D eigenvalue weighted by Crippen LogP contribution is 2.14. The summed E-state index contributed by atoms with van der Waals surface area (Å²) in [5.41, 5.74) is 0. The Balaban J connectivity index is 4.00. The van der Waals surface area contributed by atoms with Gasteiger partial charge in [0.1, 0.15) is 0 Å². The summed E-state index contributed by atoms with van der Waals surface area (Å²) in [6, 6.07) is 0. The number of aliphatic hydroxyl groups excluding tert-OH is 1. The van der Waals surface area contributed by atoms with Crippen LogP contribution in [0.2, 0.25) is 0 Å². The van der Waals surface area contributed by atoms with Crippen LogP contribution in [0.3, 0.4) is 0 Å². The van der Waals surface area contributed by atoms with Gasteiger partial charge in [-0.3, -0.25) is 4.79 Å². The molecule has 1 N–H and O–H groups in total. The van der Waals surface area contributed by atoms with Gasteiger partial charge in [0.2, 0.25) is 0 Å². The zero-order chi connectivity index (χ0) is 35.0. The number of hydrogen-bond donors (Lipinski definition) is 1. The minimum absolute atomic E-state index is 0.0252. The quantitative estimate of drug-likeness (QED) is 0.0302. The molecule has 0 bridgehead atoms. The first-order chi connectivity index (χ1) is 23.7. The molecule has 284 valence electrons. The maximum absolute atomic E-state index is 12.0. The van der Waals surface area contributed by atoms with Gasteiger partial charge in [-0.25, -0.2) is 0 Å². The number of unbranched alkanes of at least 4 members (excludes halogenated alkanes) is 17. The van der Waals surface area contributed by atoms with E-state index in [1.165, 1.54) is 77.0 Å². The van der Waals surface area contributed by atoms with E-state index < -0.39 is 0 Å². The molecular formula is C42H81NO5. The number of hydrogen-bond acceptors (Lipinski definition) is 6. The number of carbonyl (C=O) groups excluding carboxylic acids is 1. The Morgan fingerprint density at radius 1 is 0.562 bits per heavy atom. The number of esters is 1. The van der Waals surface area contributed by atoms with Crippen molar-refractivity contribution < 1.29 is 24.1 Å². The number of nitrogens with zero attached hydrogens (tertiary/aromatic N) is 1. The van der Waals surface area contributed by atoms with Gasteiger partial charge in [0.25, 0.3) is 0 Å². The topological polar surface area (TPSA) is 68.2 Å². The highest BCUT2D eigenvalue weighted by molar-refractivity contribution is 5.69. The smallest absolute Gasteiger partial charge is 0.305 e. The van der Waals surface area contributed by atoms with Crippen LogP contribution in [-0.2, 0) is 19.0 Å². The Hall–Kier alpha value is -1.21. The zero-order valence-corrected chi connectivity index (χ0v) is 32.2. The summed E-state index contributed by atoms with van der Waals surface area (Å²) in [6.45, 7) is 11.8. The number of ether oxygens (including phenoxy) is 3. The third kappa shape index (κ3) is 36.1. The molecule has 0 saturated carbocycles. The van der Waals surface area contributed by atoms with E-state index in [1.54, 1.807) is 0 Å². The molecule has 0 aromatic carbocycles. The van der Waals surface area contributed by atoms with Gasteiger partial charge in [-0.05, 0) is 103 Å². The van der Waals surface area contributed by atoms with Gasteiger partial charge in [0, 0.05) is 26.2 Å². The summed E-state index contributed by atoms with van der Waals surface area (Å²) in [6.07, 6.45) is 38.5. The molecule has 0 aliphatic heterocycles. The average molecular weight is 680 g/mol. The van der Waals surface area contributed by atoms with E-state index in [4.69, 9.17) is 14.2 Å². The summed E-state index contributed by atoms with van der Waals surface area (Å²) in [5.74, 6) is -0.0252. The summed E-state index contributed by atoms with van der Waals surface area (Å²) < 4.78 is 17.8. The molecular weight excluding hydrogens is 598 g/mol. The highest BCUT2D eigenvalue weighted by atomic mass is 16.7. The number of carbonyl (C=O) groups is 1. The molecule has 0 rings (SSSR count). The first kappa shape index (κ1) is 46.8. The first-order valence-electron chi connectivity index (χ1n) is 20.7. The summed E-state index contributed by atoms with van der Waals surface area (Å²) in [7, 11) is 0. The standard InChI is InChI=1S/C42H81NO5/c1-4-7-10-13-16-24-29-38-46-41(45)32-25-18-17-20-27-34-43(36-37-44)35-28-21-19-26-33-42(47-39-30-22-14-11-8-5-2)48-40-31-23-15-12-9-6-3/h8-9,11-12,42,44H,4-7,10,13-40H2,1-3H3/b11-8-,12-9-. The van der Waals surface area contributed by atoms with Crippen molar-refractivity contribution in [1.29, 1.82) is 0 Å². The Morgan fingerprint density at radius 3 is 1.62 bits per heavy atom. The molecule has 0 aromatic rings. The van der Waals surface area contributed by atoms with Crippen molar-refractivity contribution in [2.45, 2.75) is 194 Å². The summed E-state index contributed by atoms with van der Waals surface area (Å²) in [4.78, 5) is 14.4. The first-order valence-corrected chi connectivity index (χ1v) is 20.7. The summed E-state index contributed by atoms with van der Waals surface area (Å²) >= 11 is 0. The third-order valence-corrected chi connectivity index (χ3v) is 8.89. The van der Waals surface area contributed by atoms with Gasteiger partial charge in [0.15, 0.2) is 6.29 Å². The second kappa shape index (κ2) is 40.2. The van der Waals surface area contributed by atoms with E-state index in [0.29, 0.717) is 13.0 Å². The highest BCUT2D eigenvalue weighted by Gasteiger charge is 2.10. The SMILES string of the molecule is CC/C=C\CCCCOC(CCCCCCN(CCO)CCCCCCCC(=O)OCCCCCCCCC)OCCCC/C=C\CC. The Morgan fingerprint density at radius 2 is 1.06 bits per heavy atom. The van der Waals surface area contributed by atoms with Crippen molar-refractivity contribution in [3.05, 3.63) is 24.3 Å². The molecule has 6 heteroatoms. The maximum atomic E-state index is 12.0. The van der Waals surface area contributed by atoms with Crippen molar-refractivity contribution in [2.24, 2.45) is 0 Å². The molecule has 0 aliphatic carbocycles. The second-order valence-electron chi connectivity index (χ2n) is 13.5. The lowest BCUT2D eigenvalue weighted by Crippen LogP contribution is -2.29. The van der Waals surface area contributed by atoms with E-state index in [1.807, 2.05) is 0 Å². The van der Waals surface area contributed by atoms with E-state index in [9.17, 15) is 9.90 Å². The maximum Gasteiger partial charge on any atom is 0.305 e. The molecule has 0 aromatic heterocycles. The van der Waals surface area contributed by atoms with Crippen molar-refractivity contribution >= 4 is 5.97 Å². The normalized spacial score (nSPS) is 12.0. The minimum atomic E-state index is -0.0752. The lowest BCUT2D eigenvalue weighted by Gasteiger charge is -2.21. The number of allylic oxidation sites excluding steroid dienone is 4. The monoisotopic (exact) mass is 680 g/mol. The molecule has 0 amide bonds. The Labute approximate surface area is 298 Å². The number of aliphatic hydroxyl groups is 1. The van der Waals surface area contributed by atoms with Crippen LogP contribution in [0.15, 0.2) is 24.3 Å². The number of rotatable bonds is 39. The molecule has 0 unspecified atom stereocenters. The van der Waals surface area contributed by atoms with Crippen LogP contribution < -0.4 is 0 Å². The van der Waals surface area contributed by atoms with Gasteiger partial charge in [-0.15, -0.1) is 0 Å².